The molecule has 0 spiro atoms. The quantitative estimate of drug-likeness (QED) is 0.490. The molecule has 2 aromatic rings. The van der Waals surface area contributed by atoms with E-state index in [-0.39, 0.29) is 0 Å². The summed E-state index contributed by atoms with van der Waals surface area (Å²) in [5, 5.41) is 10.5. The van der Waals surface area contributed by atoms with Gasteiger partial charge in [-0.2, -0.15) is 0 Å². The molecule has 1 heterocycles. The highest BCUT2D eigenvalue weighted by molar-refractivity contribution is 5.96. The molecule has 0 aliphatic carbocycles. The lowest BCUT2D eigenvalue weighted by Gasteiger charge is -2.11. The predicted octanol–water partition coefficient (Wildman–Crippen LogP) is 2.99. The average Bonchev–Trinajstić information content (AvgIpc) is 2.81. The van der Waals surface area contributed by atoms with Gasteiger partial charge < -0.3 is 4.42 Å². The minimum Gasteiger partial charge on any atom is -0.461 e. The summed E-state index contributed by atoms with van der Waals surface area (Å²) in [5.74, 6) is 0.898. The molecule has 0 aliphatic heterocycles. The van der Waals surface area contributed by atoms with Gasteiger partial charge in [0.25, 0.3) is 0 Å². The first-order chi connectivity index (χ1) is 8.16. The molecule has 4 nitrogen and oxygen atoms in total. The van der Waals surface area contributed by atoms with Gasteiger partial charge in [0.2, 0.25) is 0 Å². The third-order valence-corrected chi connectivity index (χ3v) is 2.32. The van der Waals surface area contributed by atoms with E-state index in [1.807, 2.05) is 31.2 Å². The van der Waals surface area contributed by atoms with Crippen LogP contribution in [0.4, 0.5) is 5.69 Å². The number of benzene rings is 1. The van der Waals surface area contributed by atoms with Gasteiger partial charge in [-0.25, -0.2) is 10.1 Å². The highest BCUT2D eigenvalue weighted by Crippen LogP contribution is 2.15. The summed E-state index contributed by atoms with van der Waals surface area (Å²) in [6, 6.07) is 11.2. The van der Waals surface area contributed by atoms with Crippen LogP contribution in [0.2, 0.25) is 0 Å². The first-order valence-electron chi connectivity index (χ1n) is 5.28. The van der Waals surface area contributed by atoms with Crippen LogP contribution in [0.15, 0.2) is 52.1 Å². The molecular weight excluding hydrogens is 216 g/mol. The van der Waals surface area contributed by atoms with Gasteiger partial charge in [0.15, 0.2) is 11.6 Å². The van der Waals surface area contributed by atoms with E-state index >= 15 is 0 Å². The summed E-state index contributed by atoms with van der Waals surface area (Å²) in [4.78, 5) is 4.34. The van der Waals surface area contributed by atoms with E-state index in [1.165, 1.54) is 12.6 Å². The van der Waals surface area contributed by atoms with Gasteiger partial charge in [0, 0.05) is 7.05 Å². The van der Waals surface area contributed by atoms with Crippen LogP contribution in [0.3, 0.4) is 0 Å². The van der Waals surface area contributed by atoms with Crippen LogP contribution in [0.1, 0.15) is 11.3 Å². The first-order valence-corrected chi connectivity index (χ1v) is 5.28. The van der Waals surface area contributed by atoms with Crippen molar-refractivity contribution in [2.24, 2.45) is 4.99 Å². The number of nitrogens with zero attached hydrogens (tertiary/aromatic N) is 2. The van der Waals surface area contributed by atoms with Crippen LogP contribution >= 0.6 is 0 Å². The molecule has 0 radical (unpaired) electrons. The smallest absolute Gasteiger partial charge is 0.196 e. The van der Waals surface area contributed by atoms with Crippen molar-refractivity contribution in [2.75, 3.05) is 7.05 Å². The minimum absolute atomic E-state index is 0.374. The standard InChI is InChI=1S/C13H14N2O2/c1-10-5-7-11(8-6-10)14-13(15(2)16)12-4-3-9-17-12/h3-9,16H,1-2H3. The van der Waals surface area contributed by atoms with Gasteiger partial charge in [-0.3, -0.25) is 5.21 Å². The number of hydrogen-bond acceptors (Lipinski definition) is 3. The van der Waals surface area contributed by atoms with Crippen molar-refractivity contribution in [3.8, 4) is 0 Å². The molecule has 88 valence electrons. The van der Waals surface area contributed by atoms with Crippen molar-refractivity contribution in [2.45, 2.75) is 6.92 Å². The number of hydroxylamine groups is 2. The molecule has 2 rings (SSSR count). The Balaban J connectivity index is 2.37. The van der Waals surface area contributed by atoms with Gasteiger partial charge >= 0.3 is 0 Å². The molecule has 0 aliphatic rings. The number of aliphatic imine (C=N–C) groups is 1. The third-order valence-electron chi connectivity index (χ3n) is 2.32. The zero-order valence-corrected chi connectivity index (χ0v) is 9.79. The van der Waals surface area contributed by atoms with Crippen LogP contribution < -0.4 is 0 Å². The van der Waals surface area contributed by atoms with Crippen molar-refractivity contribution in [3.63, 3.8) is 0 Å². The van der Waals surface area contributed by atoms with E-state index in [0.29, 0.717) is 11.6 Å². The maximum absolute atomic E-state index is 9.54. The van der Waals surface area contributed by atoms with E-state index in [4.69, 9.17) is 4.42 Å². The van der Waals surface area contributed by atoms with Crippen LogP contribution in [-0.2, 0) is 0 Å². The van der Waals surface area contributed by atoms with Crippen molar-refractivity contribution >= 4 is 11.5 Å². The molecule has 17 heavy (non-hydrogen) atoms. The summed E-state index contributed by atoms with van der Waals surface area (Å²) in [6.45, 7) is 2.01. The third kappa shape index (κ3) is 2.73. The Hall–Kier alpha value is -2.07. The van der Waals surface area contributed by atoms with Gasteiger partial charge in [-0.05, 0) is 31.2 Å². The SMILES string of the molecule is Cc1ccc(N=C(c2ccco2)N(C)O)cc1. The van der Waals surface area contributed by atoms with Crippen LogP contribution in [-0.4, -0.2) is 23.2 Å². The number of aryl methyl sites for hydroxylation is 1. The second kappa shape index (κ2) is 4.84. The fourth-order valence-electron chi connectivity index (χ4n) is 1.43. The van der Waals surface area contributed by atoms with Crippen molar-refractivity contribution < 1.29 is 9.62 Å². The van der Waals surface area contributed by atoms with E-state index in [2.05, 4.69) is 4.99 Å². The lowest BCUT2D eigenvalue weighted by molar-refractivity contribution is 0.0131. The van der Waals surface area contributed by atoms with Crippen molar-refractivity contribution in [3.05, 3.63) is 54.0 Å². The normalized spacial score (nSPS) is 11.6. The van der Waals surface area contributed by atoms with Crippen LogP contribution in [0.25, 0.3) is 0 Å². The molecule has 0 saturated carbocycles. The molecule has 1 aromatic carbocycles. The topological polar surface area (TPSA) is 49.0 Å². The number of furan rings is 1. The van der Waals surface area contributed by atoms with E-state index in [1.54, 1.807) is 18.4 Å². The molecule has 1 aromatic heterocycles. The molecule has 1 N–H and O–H groups in total. The fraction of sp³-hybridized carbons (Fsp3) is 0.154. The Morgan fingerprint density at radius 1 is 1.24 bits per heavy atom. The summed E-state index contributed by atoms with van der Waals surface area (Å²) in [7, 11) is 1.51. The monoisotopic (exact) mass is 230 g/mol. The molecule has 0 amide bonds. The summed E-state index contributed by atoms with van der Waals surface area (Å²) < 4.78 is 5.22. The lowest BCUT2D eigenvalue weighted by Crippen LogP contribution is -2.23. The van der Waals surface area contributed by atoms with Gasteiger partial charge in [-0.1, -0.05) is 17.7 Å². The Kier molecular flexibility index (Phi) is 3.25. The highest BCUT2D eigenvalue weighted by Gasteiger charge is 2.10. The van der Waals surface area contributed by atoms with Crippen LogP contribution in [0.5, 0.6) is 0 Å². The van der Waals surface area contributed by atoms with Crippen molar-refractivity contribution in [1.29, 1.82) is 0 Å². The Morgan fingerprint density at radius 2 is 1.94 bits per heavy atom. The molecule has 0 saturated heterocycles. The second-order valence-corrected chi connectivity index (χ2v) is 3.77. The number of rotatable bonds is 2. The molecule has 0 atom stereocenters. The largest absolute Gasteiger partial charge is 0.461 e. The second-order valence-electron chi connectivity index (χ2n) is 3.77. The van der Waals surface area contributed by atoms with E-state index in [9.17, 15) is 5.21 Å². The number of amidine groups is 1. The first kappa shape index (κ1) is 11.4. The lowest BCUT2D eigenvalue weighted by atomic mass is 10.2. The van der Waals surface area contributed by atoms with E-state index in [0.717, 1.165) is 10.8 Å². The maximum atomic E-state index is 9.54. The van der Waals surface area contributed by atoms with Gasteiger partial charge in [-0.15, -0.1) is 0 Å². The van der Waals surface area contributed by atoms with Crippen molar-refractivity contribution in [1.82, 2.24) is 5.06 Å². The Morgan fingerprint density at radius 3 is 2.47 bits per heavy atom. The maximum Gasteiger partial charge on any atom is 0.196 e. The summed E-state index contributed by atoms with van der Waals surface area (Å²) >= 11 is 0. The Bertz CT molecular complexity index is 499. The molecule has 0 unspecified atom stereocenters. The fourth-order valence-corrected chi connectivity index (χ4v) is 1.43. The molecular formula is C13H14N2O2. The average molecular weight is 230 g/mol. The van der Waals surface area contributed by atoms with E-state index < -0.39 is 0 Å². The summed E-state index contributed by atoms with van der Waals surface area (Å²) in [5.41, 5.74) is 1.93. The zero-order chi connectivity index (χ0) is 12.3. The van der Waals surface area contributed by atoms with Gasteiger partial charge in [0.05, 0.1) is 12.0 Å². The molecule has 0 fully saturated rings. The summed E-state index contributed by atoms with van der Waals surface area (Å²) in [6.07, 6.45) is 1.55. The molecule has 0 bridgehead atoms. The van der Waals surface area contributed by atoms with Crippen LogP contribution in [0, 0.1) is 6.92 Å². The Labute approximate surface area is 99.8 Å². The predicted molar refractivity (Wildman–Crippen MR) is 65.6 cm³/mol. The number of hydrogen-bond donors (Lipinski definition) is 1. The van der Waals surface area contributed by atoms with Gasteiger partial charge in [0.1, 0.15) is 0 Å². The zero-order valence-electron chi connectivity index (χ0n) is 9.79. The minimum atomic E-state index is 0.374. The highest BCUT2D eigenvalue weighted by atomic mass is 16.5. The molecule has 4 heteroatoms.